The van der Waals surface area contributed by atoms with Crippen molar-refractivity contribution in [3.8, 4) is 11.5 Å². The first-order valence-corrected chi connectivity index (χ1v) is 6.05. The van der Waals surface area contributed by atoms with Crippen molar-refractivity contribution in [3.63, 3.8) is 0 Å². The summed E-state index contributed by atoms with van der Waals surface area (Å²) in [6.45, 7) is 3.34. The van der Waals surface area contributed by atoms with Crippen molar-refractivity contribution in [1.29, 1.82) is 0 Å². The molecule has 20 heavy (non-hydrogen) atoms. The number of ether oxygens (including phenoxy) is 2. The van der Waals surface area contributed by atoms with Crippen LogP contribution >= 0.6 is 0 Å². The molecule has 110 valence electrons. The molecule has 1 aromatic rings. The van der Waals surface area contributed by atoms with Crippen LogP contribution in [-0.4, -0.2) is 25.2 Å². The lowest BCUT2D eigenvalue weighted by Crippen LogP contribution is -2.42. The lowest BCUT2D eigenvalue weighted by Gasteiger charge is -2.17. The number of imide groups is 1. The van der Waals surface area contributed by atoms with Crippen LogP contribution in [0, 0.1) is 0 Å². The third-order valence-corrected chi connectivity index (χ3v) is 2.63. The molecule has 0 bridgehead atoms. The second kappa shape index (κ2) is 6.76. The molecule has 0 saturated heterocycles. The van der Waals surface area contributed by atoms with Gasteiger partial charge >= 0.3 is 6.03 Å². The molecule has 7 heteroatoms. The topological polar surface area (TPSA) is 117 Å². The van der Waals surface area contributed by atoms with Gasteiger partial charge in [0.2, 0.25) is 0 Å². The molecule has 0 fully saturated rings. The van der Waals surface area contributed by atoms with Gasteiger partial charge in [-0.3, -0.25) is 10.1 Å². The smallest absolute Gasteiger partial charge is 0.318 e. The fourth-order valence-corrected chi connectivity index (χ4v) is 1.53. The van der Waals surface area contributed by atoms with Crippen LogP contribution in [0.1, 0.15) is 25.5 Å². The molecule has 1 aromatic carbocycles. The summed E-state index contributed by atoms with van der Waals surface area (Å²) in [5.41, 5.74) is 11.5. The van der Waals surface area contributed by atoms with Gasteiger partial charge in [0, 0.05) is 6.04 Å². The highest BCUT2D eigenvalue weighted by atomic mass is 16.5. The van der Waals surface area contributed by atoms with E-state index in [-0.39, 0.29) is 6.04 Å². The predicted octanol–water partition coefficient (Wildman–Crippen LogP) is 0.677. The minimum absolute atomic E-state index is 0.145. The Morgan fingerprint density at radius 3 is 2.40 bits per heavy atom. The Balaban J connectivity index is 2.86. The number of primary amides is 1. The molecule has 1 rings (SSSR count). The van der Waals surface area contributed by atoms with Gasteiger partial charge in [-0.2, -0.15) is 0 Å². The summed E-state index contributed by atoms with van der Waals surface area (Å²) < 4.78 is 10.6. The van der Waals surface area contributed by atoms with Crippen molar-refractivity contribution in [2.75, 3.05) is 7.11 Å². The zero-order valence-corrected chi connectivity index (χ0v) is 11.7. The number of carbonyl (C=O) groups excluding carboxylic acids is 2. The lowest BCUT2D eigenvalue weighted by atomic mass is 10.1. The number of rotatable bonds is 5. The van der Waals surface area contributed by atoms with E-state index in [2.05, 4.69) is 0 Å². The van der Waals surface area contributed by atoms with E-state index in [1.165, 1.54) is 14.0 Å². The Hall–Kier alpha value is -2.28. The van der Waals surface area contributed by atoms with Crippen molar-refractivity contribution >= 4 is 11.9 Å². The molecule has 2 atom stereocenters. The third kappa shape index (κ3) is 4.13. The van der Waals surface area contributed by atoms with Crippen LogP contribution in [0.3, 0.4) is 0 Å². The monoisotopic (exact) mass is 281 g/mol. The summed E-state index contributed by atoms with van der Waals surface area (Å²) >= 11 is 0. The number of amides is 3. The number of benzene rings is 1. The number of carbonyl (C=O) groups is 2. The van der Waals surface area contributed by atoms with E-state index >= 15 is 0 Å². The van der Waals surface area contributed by atoms with E-state index in [1.807, 2.05) is 12.2 Å². The molecule has 5 N–H and O–H groups in total. The second-order valence-corrected chi connectivity index (χ2v) is 4.31. The minimum Gasteiger partial charge on any atom is -0.493 e. The van der Waals surface area contributed by atoms with Crippen molar-refractivity contribution < 1.29 is 19.1 Å². The van der Waals surface area contributed by atoms with Gasteiger partial charge in [0.05, 0.1) is 7.11 Å². The van der Waals surface area contributed by atoms with Gasteiger partial charge in [-0.25, -0.2) is 4.79 Å². The van der Waals surface area contributed by atoms with Gasteiger partial charge in [0.25, 0.3) is 5.91 Å². The molecule has 3 amide bonds. The van der Waals surface area contributed by atoms with Crippen LogP contribution in [-0.2, 0) is 4.79 Å². The maximum absolute atomic E-state index is 11.5. The van der Waals surface area contributed by atoms with Crippen molar-refractivity contribution in [3.05, 3.63) is 23.8 Å². The zero-order chi connectivity index (χ0) is 15.3. The third-order valence-electron chi connectivity index (χ3n) is 2.63. The molecule has 0 aliphatic rings. The Labute approximate surface area is 117 Å². The highest BCUT2D eigenvalue weighted by Crippen LogP contribution is 2.30. The first kappa shape index (κ1) is 15.8. The number of hydrogen-bond donors (Lipinski definition) is 3. The van der Waals surface area contributed by atoms with Gasteiger partial charge in [0.1, 0.15) is 0 Å². The number of urea groups is 1. The Morgan fingerprint density at radius 2 is 1.90 bits per heavy atom. The SMILES string of the molecule is COc1cc([C@@H](C)N)ccc1OC(C)C(=O)NC(N)=O. The Kier molecular flexibility index (Phi) is 5.33. The summed E-state index contributed by atoms with van der Waals surface area (Å²) in [5, 5.41) is 1.94. The molecule has 0 aliphatic carbocycles. The van der Waals surface area contributed by atoms with E-state index in [9.17, 15) is 9.59 Å². The van der Waals surface area contributed by atoms with Crippen LogP contribution in [0.4, 0.5) is 4.79 Å². The van der Waals surface area contributed by atoms with E-state index < -0.39 is 18.0 Å². The van der Waals surface area contributed by atoms with Crippen LogP contribution in [0.2, 0.25) is 0 Å². The maximum atomic E-state index is 11.5. The van der Waals surface area contributed by atoms with E-state index in [4.69, 9.17) is 20.9 Å². The summed E-state index contributed by atoms with van der Waals surface area (Å²) in [4.78, 5) is 22.1. The average molecular weight is 281 g/mol. The molecule has 0 aromatic heterocycles. The predicted molar refractivity (Wildman–Crippen MR) is 73.4 cm³/mol. The summed E-state index contributed by atoms with van der Waals surface area (Å²) in [6, 6.07) is 4.10. The Bertz CT molecular complexity index is 502. The normalized spacial score (nSPS) is 13.2. The first-order valence-electron chi connectivity index (χ1n) is 6.05. The van der Waals surface area contributed by atoms with Gasteiger partial charge in [-0.15, -0.1) is 0 Å². The second-order valence-electron chi connectivity index (χ2n) is 4.31. The number of nitrogens with one attached hydrogen (secondary N) is 1. The quantitative estimate of drug-likeness (QED) is 0.733. The molecule has 0 radical (unpaired) electrons. The van der Waals surface area contributed by atoms with Gasteiger partial charge < -0.3 is 20.9 Å². The van der Waals surface area contributed by atoms with Crippen LogP contribution in [0.5, 0.6) is 11.5 Å². The van der Waals surface area contributed by atoms with Gasteiger partial charge in [-0.1, -0.05) is 6.07 Å². The van der Waals surface area contributed by atoms with Gasteiger partial charge in [-0.05, 0) is 31.5 Å². The summed E-state index contributed by atoms with van der Waals surface area (Å²) in [5.74, 6) is 0.207. The van der Waals surface area contributed by atoms with E-state index in [0.717, 1.165) is 5.56 Å². The fourth-order valence-electron chi connectivity index (χ4n) is 1.53. The number of methoxy groups -OCH3 is 1. The first-order chi connectivity index (χ1) is 9.35. The van der Waals surface area contributed by atoms with Crippen molar-refractivity contribution in [2.24, 2.45) is 11.5 Å². The molecule has 7 nitrogen and oxygen atoms in total. The van der Waals surface area contributed by atoms with Crippen LogP contribution in [0.25, 0.3) is 0 Å². The largest absolute Gasteiger partial charge is 0.493 e. The molecule has 0 spiro atoms. The summed E-state index contributed by atoms with van der Waals surface area (Å²) in [7, 11) is 1.49. The van der Waals surface area contributed by atoms with Crippen LogP contribution in [0.15, 0.2) is 18.2 Å². The molecule has 0 heterocycles. The van der Waals surface area contributed by atoms with Crippen LogP contribution < -0.4 is 26.3 Å². The minimum atomic E-state index is -0.926. The standard InChI is InChI=1S/C13H19N3O4/c1-7(14)9-4-5-10(11(6-9)19-3)20-8(2)12(17)16-13(15)18/h4-8H,14H2,1-3H3,(H3,15,16,17,18)/t7-,8?/m1/s1. The average Bonchev–Trinajstić information content (AvgIpc) is 2.37. The molecule has 0 saturated carbocycles. The molecule has 0 aliphatic heterocycles. The maximum Gasteiger partial charge on any atom is 0.318 e. The number of hydrogen-bond acceptors (Lipinski definition) is 5. The highest BCUT2D eigenvalue weighted by molar-refractivity contribution is 5.95. The lowest BCUT2D eigenvalue weighted by molar-refractivity contribution is -0.126. The zero-order valence-electron chi connectivity index (χ0n) is 11.7. The van der Waals surface area contributed by atoms with Crippen molar-refractivity contribution in [1.82, 2.24) is 5.32 Å². The molecule has 1 unspecified atom stereocenters. The fraction of sp³-hybridized carbons (Fsp3) is 0.385. The number of nitrogens with two attached hydrogens (primary N) is 2. The molecular weight excluding hydrogens is 262 g/mol. The Morgan fingerprint density at radius 1 is 1.25 bits per heavy atom. The van der Waals surface area contributed by atoms with E-state index in [1.54, 1.807) is 18.2 Å². The van der Waals surface area contributed by atoms with Crippen molar-refractivity contribution in [2.45, 2.75) is 26.0 Å². The van der Waals surface area contributed by atoms with E-state index in [0.29, 0.717) is 11.5 Å². The highest BCUT2D eigenvalue weighted by Gasteiger charge is 2.18. The molecular formula is C13H19N3O4. The van der Waals surface area contributed by atoms with Gasteiger partial charge in [0.15, 0.2) is 17.6 Å². The summed E-state index contributed by atoms with van der Waals surface area (Å²) in [6.07, 6.45) is -0.891.